The van der Waals surface area contributed by atoms with Gasteiger partial charge in [0.1, 0.15) is 6.61 Å². The maximum Gasteiger partial charge on any atom is 0.407 e. The molecule has 2 unspecified atom stereocenters. The molecule has 176 valence electrons. The summed E-state index contributed by atoms with van der Waals surface area (Å²) in [5, 5.41) is 14.5. The number of carboxylic acids is 1. The van der Waals surface area contributed by atoms with Crippen LogP contribution >= 0.6 is 0 Å². The van der Waals surface area contributed by atoms with Crippen molar-refractivity contribution in [3.05, 3.63) is 59.7 Å². The monoisotopic (exact) mass is 452 g/mol. The fourth-order valence-corrected chi connectivity index (χ4v) is 4.27. The van der Waals surface area contributed by atoms with Crippen LogP contribution < -0.4 is 10.6 Å². The number of benzene rings is 2. The van der Waals surface area contributed by atoms with Crippen LogP contribution in [0.5, 0.6) is 0 Å². The Morgan fingerprint density at radius 2 is 1.55 bits per heavy atom. The molecule has 7 nitrogen and oxygen atoms in total. The smallest absolute Gasteiger partial charge is 0.407 e. The predicted octanol–water partition coefficient (Wildman–Crippen LogP) is 4.31. The molecule has 3 N–H and O–H groups in total. The van der Waals surface area contributed by atoms with Crippen LogP contribution in [-0.4, -0.2) is 42.3 Å². The Morgan fingerprint density at radius 1 is 0.939 bits per heavy atom. The van der Waals surface area contributed by atoms with Crippen molar-refractivity contribution in [2.75, 3.05) is 13.2 Å². The number of amides is 2. The first-order chi connectivity index (χ1) is 15.9. The molecule has 0 spiro atoms. The lowest BCUT2D eigenvalue weighted by atomic mass is 9.98. The summed E-state index contributed by atoms with van der Waals surface area (Å²) in [7, 11) is 0. The van der Waals surface area contributed by atoms with E-state index in [0.717, 1.165) is 11.1 Å². The molecule has 2 aromatic carbocycles. The third-order valence-electron chi connectivity index (χ3n) is 6.22. The molecule has 0 saturated heterocycles. The van der Waals surface area contributed by atoms with E-state index in [0.29, 0.717) is 19.4 Å². The van der Waals surface area contributed by atoms with Crippen LogP contribution in [0.15, 0.2) is 48.5 Å². The van der Waals surface area contributed by atoms with Gasteiger partial charge in [0.05, 0.1) is 0 Å². The van der Waals surface area contributed by atoms with Gasteiger partial charge in [0.2, 0.25) is 5.91 Å². The van der Waals surface area contributed by atoms with E-state index >= 15 is 0 Å². The summed E-state index contributed by atoms with van der Waals surface area (Å²) in [5.74, 6) is -1.22. The highest BCUT2D eigenvalue weighted by molar-refractivity contribution is 5.79. The molecule has 2 atom stereocenters. The van der Waals surface area contributed by atoms with Gasteiger partial charge >= 0.3 is 12.1 Å². The number of hydrogen-bond acceptors (Lipinski definition) is 4. The van der Waals surface area contributed by atoms with Gasteiger partial charge in [-0.3, -0.25) is 9.59 Å². The summed E-state index contributed by atoms with van der Waals surface area (Å²) in [6.07, 6.45) is 0.830. The normalized spacial score (nSPS) is 14.0. The molecule has 0 saturated carbocycles. The van der Waals surface area contributed by atoms with Gasteiger partial charge in [-0.1, -0.05) is 68.8 Å². The second kappa shape index (κ2) is 11.5. The molecule has 0 aliphatic heterocycles. The molecule has 1 aliphatic carbocycles. The lowest BCUT2D eigenvalue weighted by molar-refractivity contribution is -0.138. The van der Waals surface area contributed by atoms with Crippen molar-refractivity contribution in [3.63, 3.8) is 0 Å². The number of fused-ring (bicyclic) bond motifs is 3. The van der Waals surface area contributed by atoms with Gasteiger partial charge in [0, 0.05) is 31.3 Å². The summed E-state index contributed by atoms with van der Waals surface area (Å²) >= 11 is 0. The van der Waals surface area contributed by atoms with E-state index in [4.69, 9.17) is 9.84 Å². The number of ether oxygens (including phenoxy) is 1. The van der Waals surface area contributed by atoms with Crippen molar-refractivity contribution in [1.82, 2.24) is 10.6 Å². The first-order valence-corrected chi connectivity index (χ1v) is 11.5. The molecule has 0 aromatic heterocycles. The average molecular weight is 453 g/mol. The second-order valence-electron chi connectivity index (χ2n) is 8.46. The number of hydrogen-bond donors (Lipinski definition) is 3. The number of carbonyl (C=O) groups excluding carboxylic acids is 2. The van der Waals surface area contributed by atoms with Gasteiger partial charge in [0.25, 0.3) is 0 Å². The van der Waals surface area contributed by atoms with Crippen LogP contribution in [0.2, 0.25) is 0 Å². The second-order valence-corrected chi connectivity index (χ2v) is 8.46. The van der Waals surface area contributed by atoms with Crippen LogP contribution in [0, 0.1) is 5.92 Å². The number of aliphatic carboxylic acids is 1. The van der Waals surface area contributed by atoms with Crippen LogP contribution in [0.3, 0.4) is 0 Å². The number of nitrogens with one attached hydrogen (secondary N) is 2. The van der Waals surface area contributed by atoms with E-state index in [2.05, 4.69) is 34.9 Å². The van der Waals surface area contributed by atoms with E-state index in [-0.39, 0.29) is 43.2 Å². The minimum atomic E-state index is -0.876. The maximum absolute atomic E-state index is 12.5. The van der Waals surface area contributed by atoms with E-state index in [1.807, 2.05) is 38.1 Å². The summed E-state index contributed by atoms with van der Waals surface area (Å²) in [5.41, 5.74) is 4.62. The van der Waals surface area contributed by atoms with Crippen molar-refractivity contribution in [2.45, 2.75) is 51.5 Å². The first-order valence-electron chi connectivity index (χ1n) is 11.5. The molecule has 0 radical (unpaired) electrons. The zero-order valence-corrected chi connectivity index (χ0v) is 19.2. The molecular weight excluding hydrogens is 420 g/mol. The van der Waals surface area contributed by atoms with Crippen molar-refractivity contribution in [1.29, 1.82) is 0 Å². The SMILES string of the molecule is CCC(CNC(=O)CC(CC)NC(=O)OCC1c2ccccc2-c2ccccc21)CC(=O)O. The molecule has 33 heavy (non-hydrogen) atoms. The quantitative estimate of drug-likeness (QED) is 0.471. The lowest BCUT2D eigenvalue weighted by Gasteiger charge is -2.19. The highest BCUT2D eigenvalue weighted by atomic mass is 16.5. The molecule has 0 bridgehead atoms. The van der Waals surface area contributed by atoms with Gasteiger partial charge in [-0.2, -0.15) is 0 Å². The van der Waals surface area contributed by atoms with E-state index in [9.17, 15) is 14.4 Å². The number of rotatable bonds is 11. The lowest BCUT2D eigenvalue weighted by Crippen LogP contribution is -2.40. The Morgan fingerprint density at radius 3 is 2.09 bits per heavy atom. The molecule has 0 fully saturated rings. The van der Waals surface area contributed by atoms with Gasteiger partial charge in [-0.05, 0) is 34.6 Å². The van der Waals surface area contributed by atoms with Crippen LogP contribution in [0.25, 0.3) is 11.1 Å². The van der Waals surface area contributed by atoms with Crippen molar-refractivity contribution < 1.29 is 24.2 Å². The molecule has 0 heterocycles. The van der Waals surface area contributed by atoms with Crippen LogP contribution in [0.1, 0.15) is 56.6 Å². The van der Waals surface area contributed by atoms with Gasteiger partial charge < -0.3 is 20.5 Å². The molecule has 1 aliphatic rings. The van der Waals surface area contributed by atoms with E-state index in [1.165, 1.54) is 11.1 Å². The van der Waals surface area contributed by atoms with Crippen molar-refractivity contribution >= 4 is 18.0 Å². The predicted molar refractivity (Wildman–Crippen MR) is 126 cm³/mol. The summed E-state index contributed by atoms with van der Waals surface area (Å²) in [4.78, 5) is 35.6. The Balaban J connectivity index is 1.51. The topological polar surface area (TPSA) is 105 Å². The summed E-state index contributed by atoms with van der Waals surface area (Å²) in [6, 6.07) is 15.9. The highest BCUT2D eigenvalue weighted by Gasteiger charge is 2.29. The fraction of sp³-hybridized carbons (Fsp3) is 0.423. The molecule has 2 amide bonds. The standard InChI is InChI=1S/C26H32N2O5/c1-3-17(13-25(30)31)15-27-24(29)14-18(4-2)28-26(32)33-16-23-21-11-7-5-9-19(21)20-10-6-8-12-22(20)23/h5-12,17-18,23H,3-4,13-16H2,1-2H3,(H,27,29)(H,28,32)(H,30,31). The van der Waals surface area contributed by atoms with E-state index in [1.54, 1.807) is 0 Å². The number of carboxylic acid groups (broad SMARTS) is 1. The molecule has 7 heteroatoms. The average Bonchev–Trinajstić information content (AvgIpc) is 3.13. The first kappa shape index (κ1) is 24.3. The van der Waals surface area contributed by atoms with Crippen LogP contribution in [-0.2, 0) is 14.3 Å². The minimum Gasteiger partial charge on any atom is -0.481 e. The fourth-order valence-electron chi connectivity index (χ4n) is 4.27. The Hall–Kier alpha value is -3.35. The third-order valence-corrected chi connectivity index (χ3v) is 6.22. The number of carbonyl (C=O) groups is 3. The largest absolute Gasteiger partial charge is 0.481 e. The Labute approximate surface area is 194 Å². The minimum absolute atomic E-state index is 0.0198. The van der Waals surface area contributed by atoms with E-state index < -0.39 is 12.1 Å². The third kappa shape index (κ3) is 6.34. The van der Waals surface area contributed by atoms with Crippen molar-refractivity contribution in [3.8, 4) is 11.1 Å². The summed E-state index contributed by atoms with van der Waals surface area (Å²) in [6.45, 7) is 4.31. The van der Waals surface area contributed by atoms with Gasteiger partial charge in [-0.25, -0.2) is 4.79 Å². The Kier molecular flexibility index (Phi) is 8.46. The molecule has 3 rings (SSSR count). The zero-order chi connectivity index (χ0) is 23.8. The van der Waals surface area contributed by atoms with Crippen LogP contribution in [0.4, 0.5) is 4.79 Å². The Bertz CT molecular complexity index is 945. The molecular formula is C26H32N2O5. The summed E-state index contributed by atoms with van der Waals surface area (Å²) < 4.78 is 5.57. The zero-order valence-electron chi connectivity index (χ0n) is 19.2. The number of alkyl carbamates (subject to hydrolysis) is 1. The maximum atomic E-state index is 12.5. The van der Waals surface area contributed by atoms with Gasteiger partial charge in [-0.15, -0.1) is 0 Å². The van der Waals surface area contributed by atoms with Crippen molar-refractivity contribution in [2.24, 2.45) is 5.92 Å². The molecule has 2 aromatic rings. The van der Waals surface area contributed by atoms with Gasteiger partial charge in [0.15, 0.2) is 0 Å². The highest BCUT2D eigenvalue weighted by Crippen LogP contribution is 2.44.